The topological polar surface area (TPSA) is 0 Å². The van der Waals surface area contributed by atoms with Gasteiger partial charge in [-0.1, -0.05) is 50.5 Å². The predicted molar refractivity (Wildman–Crippen MR) is 84.9 cm³/mol. The zero-order valence-corrected chi connectivity index (χ0v) is 13.6. The van der Waals surface area contributed by atoms with E-state index in [1.54, 1.807) is 5.57 Å². The first-order chi connectivity index (χ1) is 8.41. The molecule has 0 aliphatic heterocycles. The van der Waals surface area contributed by atoms with E-state index in [2.05, 4.69) is 53.7 Å². The molecule has 0 saturated heterocycles. The van der Waals surface area contributed by atoms with Crippen molar-refractivity contribution < 1.29 is 0 Å². The molecule has 0 aromatic carbocycles. The standard InChI is InChI=1S/C18H34/c1-15(2)9-7-10-17(5)11-8-12-18(6)14-13-16(3)4/h9,14,16-17H,7-8,10-13H2,1-6H3. The Morgan fingerprint density at radius 3 is 2.17 bits per heavy atom. The van der Waals surface area contributed by atoms with Gasteiger partial charge >= 0.3 is 0 Å². The molecule has 0 aromatic heterocycles. The number of rotatable bonds is 9. The fraction of sp³-hybridized carbons (Fsp3) is 0.778. The van der Waals surface area contributed by atoms with E-state index in [1.165, 1.54) is 44.1 Å². The maximum Gasteiger partial charge on any atom is -0.0323 e. The predicted octanol–water partition coefficient (Wildman–Crippen LogP) is 6.53. The van der Waals surface area contributed by atoms with Gasteiger partial charge in [0.1, 0.15) is 0 Å². The van der Waals surface area contributed by atoms with Crippen molar-refractivity contribution in [2.75, 3.05) is 0 Å². The fourth-order valence-electron chi connectivity index (χ4n) is 2.07. The lowest BCUT2D eigenvalue weighted by Crippen LogP contribution is -1.94. The van der Waals surface area contributed by atoms with Gasteiger partial charge in [0, 0.05) is 0 Å². The van der Waals surface area contributed by atoms with Gasteiger partial charge in [-0.3, -0.25) is 0 Å². The summed E-state index contributed by atoms with van der Waals surface area (Å²) in [5.74, 6) is 1.67. The Labute approximate surface area is 116 Å². The molecular weight excluding hydrogens is 216 g/mol. The molecule has 0 aromatic rings. The Hall–Kier alpha value is -0.520. The van der Waals surface area contributed by atoms with Gasteiger partial charge in [0.15, 0.2) is 0 Å². The molecule has 0 N–H and O–H groups in total. The summed E-state index contributed by atoms with van der Waals surface area (Å²) in [6, 6.07) is 0. The van der Waals surface area contributed by atoms with Crippen molar-refractivity contribution in [3.05, 3.63) is 23.3 Å². The zero-order chi connectivity index (χ0) is 14.0. The van der Waals surface area contributed by atoms with Crippen molar-refractivity contribution in [1.82, 2.24) is 0 Å². The molecule has 0 saturated carbocycles. The van der Waals surface area contributed by atoms with E-state index < -0.39 is 0 Å². The summed E-state index contributed by atoms with van der Waals surface area (Å²) in [7, 11) is 0. The highest BCUT2D eigenvalue weighted by molar-refractivity contribution is 4.98. The molecule has 0 rings (SSSR count). The first kappa shape index (κ1) is 17.5. The van der Waals surface area contributed by atoms with Gasteiger partial charge in [0.25, 0.3) is 0 Å². The van der Waals surface area contributed by atoms with Gasteiger partial charge < -0.3 is 0 Å². The van der Waals surface area contributed by atoms with Crippen molar-refractivity contribution in [2.45, 2.75) is 80.1 Å². The van der Waals surface area contributed by atoms with Gasteiger partial charge in [-0.2, -0.15) is 0 Å². The molecule has 0 bridgehead atoms. The molecule has 0 nitrogen and oxygen atoms in total. The van der Waals surface area contributed by atoms with Gasteiger partial charge in [0.05, 0.1) is 0 Å². The van der Waals surface area contributed by atoms with Crippen LogP contribution in [0.2, 0.25) is 0 Å². The summed E-state index contributed by atoms with van der Waals surface area (Å²) >= 11 is 0. The SMILES string of the molecule is CC(C)=CCCC(C)CCCC(C)=CCC(C)C. The molecule has 0 aliphatic carbocycles. The van der Waals surface area contributed by atoms with E-state index in [1.807, 2.05) is 0 Å². The van der Waals surface area contributed by atoms with Gasteiger partial charge in [-0.25, -0.2) is 0 Å². The Kier molecular flexibility index (Phi) is 10.1. The lowest BCUT2D eigenvalue weighted by Gasteiger charge is -2.10. The van der Waals surface area contributed by atoms with Crippen molar-refractivity contribution in [1.29, 1.82) is 0 Å². The van der Waals surface area contributed by atoms with Crippen LogP contribution in [0.25, 0.3) is 0 Å². The van der Waals surface area contributed by atoms with Crippen molar-refractivity contribution in [3.8, 4) is 0 Å². The highest BCUT2D eigenvalue weighted by Gasteiger charge is 2.01. The van der Waals surface area contributed by atoms with Crippen LogP contribution >= 0.6 is 0 Å². The second kappa shape index (κ2) is 10.4. The van der Waals surface area contributed by atoms with E-state index in [-0.39, 0.29) is 0 Å². The third-order valence-corrected chi connectivity index (χ3v) is 3.42. The molecule has 0 spiro atoms. The van der Waals surface area contributed by atoms with Gasteiger partial charge in [0.2, 0.25) is 0 Å². The average molecular weight is 250 g/mol. The molecular formula is C18H34. The van der Waals surface area contributed by atoms with Crippen molar-refractivity contribution in [3.63, 3.8) is 0 Å². The Morgan fingerprint density at radius 2 is 1.61 bits per heavy atom. The molecule has 0 heteroatoms. The number of hydrogen-bond acceptors (Lipinski definition) is 0. The Bertz CT molecular complexity index is 251. The third-order valence-electron chi connectivity index (χ3n) is 3.42. The summed E-state index contributed by atoms with van der Waals surface area (Å²) in [4.78, 5) is 0. The van der Waals surface area contributed by atoms with Crippen LogP contribution in [0.15, 0.2) is 23.3 Å². The first-order valence-electron chi connectivity index (χ1n) is 7.70. The summed E-state index contributed by atoms with van der Waals surface area (Å²) in [6.07, 6.45) is 12.7. The van der Waals surface area contributed by atoms with Gasteiger partial charge in [-0.15, -0.1) is 0 Å². The summed E-state index contributed by atoms with van der Waals surface area (Å²) < 4.78 is 0. The second-order valence-corrected chi connectivity index (χ2v) is 6.54. The molecule has 0 amide bonds. The molecule has 0 fully saturated rings. The van der Waals surface area contributed by atoms with Crippen LogP contribution in [0.1, 0.15) is 80.1 Å². The van der Waals surface area contributed by atoms with Crippen LogP contribution in [0.4, 0.5) is 0 Å². The van der Waals surface area contributed by atoms with Crippen LogP contribution in [0, 0.1) is 11.8 Å². The maximum atomic E-state index is 2.43. The molecule has 18 heavy (non-hydrogen) atoms. The summed E-state index contributed by atoms with van der Waals surface area (Å²) in [6.45, 7) is 13.6. The minimum atomic E-state index is 0.794. The highest BCUT2D eigenvalue weighted by Crippen LogP contribution is 2.18. The van der Waals surface area contributed by atoms with E-state index in [0.717, 1.165) is 11.8 Å². The third kappa shape index (κ3) is 12.0. The fourth-order valence-corrected chi connectivity index (χ4v) is 2.07. The molecule has 0 aliphatic rings. The highest BCUT2D eigenvalue weighted by atomic mass is 14.1. The summed E-state index contributed by atoms with van der Waals surface area (Å²) in [5.41, 5.74) is 3.04. The number of hydrogen-bond donors (Lipinski definition) is 0. The monoisotopic (exact) mass is 250 g/mol. The lowest BCUT2D eigenvalue weighted by molar-refractivity contribution is 0.477. The molecule has 0 radical (unpaired) electrons. The molecule has 106 valence electrons. The van der Waals surface area contributed by atoms with E-state index in [4.69, 9.17) is 0 Å². The minimum Gasteiger partial charge on any atom is -0.0859 e. The lowest BCUT2D eigenvalue weighted by atomic mass is 9.96. The normalized spacial score (nSPS) is 13.8. The molecule has 1 atom stereocenters. The van der Waals surface area contributed by atoms with Crippen molar-refractivity contribution >= 4 is 0 Å². The largest absolute Gasteiger partial charge is 0.0859 e. The van der Waals surface area contributed by atoms with E-state index in [9.17, 15) is 0 Å². The van der Waals surface area contributed by atoms with Crippen LogP contribution in [-0.4, -0.2) is 0 Å². The second-order valence-electron chi connectivity index (χ2n) is 6.54. The molecule has 0 heterocycles. The van der Waals surface area contributed by atoms with E-state index >= 15 is 0 Å². The smallest absolute Gasteiger partial charge is 0.0323 e. The first-order valence-corrected chi connectivity index (χ1v) is 7.70. The molecule has 1 unspecified atom stereocenters. The van der Waals surface area contributed by atoms with E-state index in [0.29, 0.717) is 0 Å². The van der Waals surface area contributed by atoms with Crippen LogP contribution in [-0.2, 0) is 0 Å². The quantitative estimate of drug-likeness (QED) is 0.408. The average Bonchev–Trinajstić information content (AvgIpc) is 2.25. The van der Waals surface area contributed by atoms with Crippen LogP contribution in [0.5, 0.6) is 0 Å². The minimum absolute atomic E-state index is 0.794. The van der Waals surface area contributed by atoms with Crippen LogP contribution < -0.4 is 0 Å². The van der Waals surface area contributed by atoms with Crippen molar-refractivity contribution in [2.24, 2.45) is 11.8 Å². The Morgan fingerprint density at radius 1 is 0.944 bits per heavy atom. The van der Waals surface area contributed by atoms with Gasteiger partial charge in [-0.05, 0) is 64.7 Å². The zero-order valence-electron chi connectivity index (χ0n) is 13.6. The van der Waals surface area contributed by atoms with Crippen LogP contribution in [0.3, 0.4) is 0 Å². The summed E-state index contributed by atoms with van der Waals surface area (Å²) in [5, 5.41) is 0. The maximum absolute atomic E-state index is 2.43. The number of allylic oxidation sites excluding steroid dienone is 4. The Balaban J connectivity index is 3.64.